The molecule has 0 bridgehead atoms. The number of anilines is 1. The Morgan fingerprint density at radius 3 is 2.89 bits per heavy atom. The fourth-order valence-corrected chi connectivity index (χ4v) is 2.22. The molecule has 0 aliphatic carbocycles. The molecular formula is C12H12ClN5O. The summed E-state index contributed by atoms with van der Waals surface area (Å²) in [5, 5.41) is 8.10. The number of benzene rings is 1. The third kappa shape index (κ3) is 2.06. The number of fused-ring (bicyclic) bond motifs is 1. The van der Waals surface area contributed by atoms with E-state index in [-0.39, 0.29) is 6.04 Å². The summed E-state index contributed by atoms with van der Waals surface area (Å²) in [6.45, 7) is 0. The van der Waals surface area contributed by atoms with Crippen LogP contribution >= 0.6 is 11.6 Å². The van der Waals surface area contributed by atoms with Crippen molar-refractivity contribution in [3.63, 3.8) is 0 Å². The molecule has 3 aromatic rings. The number of nitrogen functional groups attached to an aromatic ring is 1. The third-order valence-electron chi connectivity index (χ3n) is 2.96. The largest absolute Gasteiger partial charge is 0.459 e. The van der Waals surface area contributed by atoms with Gasteiger partial charge in [-0.25, -0.2) is 5.43 Å². The summed E-state index contributed by atoms with van der Waals surface area (Å²) in [7, 11) is 0. The highest BCUT2D eigenvalue weighted by atomic mass is 35.5. The van der Waals surface area contributed by atoms with Gasteiger partial charge in [0.05, 0.1) is 6.20 Å². The van der Waals surface area contributed by atoms with Crippen molar-refractivity contribution in [3.05, 3.63) is 46.8 Å². The number of hydrogen-bond acceptors (Lipinski definition) is 5. The molecule has 19 heavy (non-hydrogen) atoms. The van der Waals surface area contributed by atoms with Crippen LogP contribution in [0.4, 0.5) is 5.82 Å². The van der Waals surface area contributed by atoms with E-state index < -0.39 is 0 Å². The SMILES string of the molecule is NNC(c1cc2cc(Cl)ccc2o1)c1cn[nH]c1N. The number of hydrazine groups is 1. The second kappa shape index (κ2) is 4.58. The Balaban J connectivity index is 2.09. The molecule has 6 nitrogen and oxygen atoms in total. The smallest absolute Gasteiger partial charge is 0.134 e. The van der Waals surface area contributed by atoms with E-state index in [9.17, 15) is 0 Å². The van der Waals surface area contributed by atoms with Crippen molar-refractivity contribution in [1.82, 2.24) is 15.6 Å². The minimum absolute atomic E-state index is 0.370. The van der Waals surface area contributed by atoms with Crippen molar-refractivity contribution in [3.8, 4) is 0 Å². The first kappa shape index (κ1) is 12.0. The predicted octanol–water partition coefficient (Wildman–Crippen LogP) is 1.94. The van der Waals surface area contributed by atoms with Gasteiger partial charge in [0.25, 0.3) is 0 Å². The Kier molecular flexibility index (Phi) is 2.90. The van der Waals surface area contributed by atoms with E-state index in [1.807, 2.05) is 18.2 Å². The van der Waals surface area contributed by atoms with Crippen LogP contribution in [0.3, 0.4) is 0 Å². The fraction of sp³-hybridized carbons (Fsp3) is 0.0833. The normalized spacial score (nSPS) is 12.9. The number of aromatic amines is 1. The molecule has 98 valence electrons. The first-order valence-electron chi connectivity index (χ1n) is 5.63. The predicted molar refractivity (Wildman–Crippen MR) is 73.4 cm³/mol. The highest BCUT2D eigenvalue weighted by molar-refractivity contribution is 6.31. The molecule has 0 amide bonds. The van der Waals surface area contributed by atoms with Gasteiger partial charge in [0, 0.05) is 16.0 Å². The number of aromatic nitrogens is 2. The number of hydrogen-bond donors (Lipinski definition) is 4. The molecule has 6 N–H and O–H groups in total. The number of rotatable bonds is 3. The monoisotopic (exact) mass is 277 g/mol. The zero-order valence-corrected chi connectivity index (χ0v) is 10.6. The molecule has 2 aromatic heterocycles. The fourth-order valence-electron chi connectivity index (χ4n) is 2.04. The molecule has 0 saturated carbocycles. The number of nitrogens with two attached hydrogens (primary N) is 2. The maximum atomic E-state index is 5.95. The average Bonchev–Trinajstić information content (AvgIpc) is 2.97. The molecule has 0 aliphatic rings. The second-order valence-corrected chi connectivity index (χ2v) is 4.61. The van der Waals surface area contributed by atoms with Gasteiger partial charge in [0.15, 0.2) is 0 Å². The minimum atomic E-state index is -0.370. The summed E-state index contributed by atoms with van der Waals surface area (Å²) >= 11 is 5.95. The Labute approximate surface area is 113 Å². The standard InChI is InChI=1S/C12H12ClN5O/c13-7-1-2-9-6(3-7)4-10(19-9)11(17-15)8-5-16-18-12(8)14/h1-5,11,17H,15H2,(H3,14,16,18). The molecular weight excluding hydrogens is 266 g/mol. The van der Waals surface area contributed by atoms with Crippen molar-refractivity contribution in [2.24, 2.45) is 5.84 Å². The maximum Gasteiger partial charge on any atom is 0.134 e. The molecule has 0 spiro atoms. The quantitative estimate of drug-likeness (QED) is 0.432. The highest BCUT2D eigenvalue weighted by Crippen LogP contribution is 2.30. The van der Waals surface area contributed by atoms with Gasteiger partial charge >= 0.3 is 0 Å². The molecule has 0 aliphatic heterocycles. The van der Waals surface area contributed by atoms with Crippen LogP contribution in [0.5, 0.6) is 0 Å². The summed E-state index contributed by atoms with van der Waals surface area (Å²) in [6, 6.07) is 6.92. The molecule has 3 rings (SSSR count). The minimum Gasteiger partial charge on any atom is -0.459 e. The average molecular weight is 278 g/mol. The topological polar surface area (TPSA) is 106 Å². The van der Waals surface area contributed by atoms with Gasteiger partial charge in [-0.3, -0.25) is 10.9 Å². The van der Waals surface area contributed by atoms with Crippen molar-refractivity contribution < 1.29 is 4.42 Å². The summed E-state index contributed by atoms with van der Waals surface area (Å²) in [4.78, 5) is 0. The van der Waals surface area contributed by atoms with Crippen LogP contribution in [-0.4, -0.2) is 10.2 Å². The molecule has 1 aromatic carbocycles. The number of halogens is 1. The number of furan rings is 1. The van der Waals surface area contributed by atoms with Crippen LogP contribution in [-0.2, 0) is 0 Å². The van der Waals surface area contributed by atoms with E-state index >= 15 is 0 Å². The zero-order valence-electron chi connectivity index (χ0n) is 9.85. The van der Waals surface area contributed by atoms with Gasteiger partial charge in [-0.2, -0.15) is 5.10 Å². The Morgan fingerprint density at radius 1 is 1.37 bits per heavy atom. The van der Waals surface area contributed by atoms with Crippen LogP contribution < -0.4 is 17.0 Å². The van der Waals surface area contributed by atoms with Crippen LogP contribution in [0.25, 0.3) is 11.0 Å². The van der Waals surface area contributed by atoms with Crippen molar-refractivity contribution in [2.75, 3.05) is 5.73 Å². The first-order valence-corrected chi connectivity index (χ1v) is 6.00. The van der Waals surface area contributed by atoms with Gasteiger partial charge in [-0.15, -0.1) is 0 Å². The van der Waals surface area contributed by atoms with Gasteiger partial charge in [-0.1, -0.05) is 11.6 Å². The van der Waals surface area contributed by atoms with Crippen LogP contribution in [0.15, 0.2) is 34.9 Å². The van der Waals surface area contributed by atoms with Crippen molar-refractivity contribution in [1.29, 1.82) is 0 Å². The van der Waals surface area contributed by atoms with E-state index in [0.29, 0.717) is 16.6 Å². The molecule has 7 heteroatoms. The van der Waals surface area contributed by atoms with E-state index in [1.54, 1.807) is 12.3 Å². The van der Waals surface area contributed by atoms with Crippen molar-refractivity contribution >= 4 is 28.4 Å². The van der Waals surface area contributed by atoms with E-state index in [1.165, 1.54) is 0 Å². The molecule has 1 unspecified atom stereocenters. The molecule has 2 heterocycles. The van der Waals surface area contributed by atoms with E-state index in [4.69, 9.17) is 27.6 Å². The van der Waals surface area contributed by atoms with Gasteiger partial charge in [0.2, 0.25) is 0 Å². The molecule has 0 saturated heterocycles. The summed E-state index contributed by atoms with van der Waals surface area (Å²) < 4.78 is 5.76. The van der Waals surface area contributed by atoms with Gasteiger partial charge in [-0.05, 0) is 24.3 Å². The maximum absolute atomic E-state index is 5.95. The second-order valence-electron chi connectivity index (χ2n) is 4.17. The lowest BCUT2D eigenvalue weighted by molar-refractivity contribution is 0.478. The third-order valence-corrected chi connectivity index (χ3v) is 3.19. The molecule has 0 radical (unpaired) electrons. The van der Waals surface area contributed by atoms with Gasteiger partial charge < -0.3 is 10.2 Å². The Morgan fingerprint density at radius 2 is 2.21 bits per heavy atom. The number of H-pyrrole nitrogens is 1. The van der Waals surface area contributed by atoms with Crippen LogP contribution in [0, 0.1) is 0 Å². The summed E-state index contributed by atoms with van der Waals surface area (Å²) in [5.74, 6) is 6.68. The van der Waals surface area contributed by atoms with Crippen LogP contribution in [0.1, 0.15) is 17.4 Å². The molecule has 0 fully saturated rings. The number of nitrogens with zero attached hydrogens (tertiary/aromatic N) is 1. The first-order chi connectivity index (χ1) is 9.19. The lowest BCUT2D eigenvalue weighted by Gasteiger charge is -2.11. The summed E-state index contributed by atoms with van der Waals surface area (Å²) in [5.41, 5.74) is 9.93. The number of nitrogens with one attached hydrogen (secondary N) is 2. The lowest BCUT2D eigenvalue weighted by Crippen LogP contribution is -2.28. The van der Waals surface area contributed by atoms with Crippen molar-refractivity contribution in [2.45, 2.75) is 6.04 Å². The van der Waals surface area contributed by atoms with E-state index in [0.717, 1.165) is 16.5 Å². The highest BCUT2D eigenvalue weighted by Gasteiger charge is 2.20. The van der Waals surface area contributed by atoms with Gasteiger partial charge in [0.1, 0.15) is 23.2 Å². The Hall–Kier alpha value is -2.02. The Bertz CT molecular complexity index is 720. The molecule has 1 atom stereocenters. The van der Waals surface area contributed by atoms with E-state index in [2.05, 4.69) is 15.6 Å². The summed E-state index contributed by atoms with van der Waals surface area (Å²) in [6.07, 6.45) is 1.61. The zero-order chi connectivity index (χ0) is 13.4. The van der Waals surface area contributed by atoms with Crippen LogP contribution in [0.2, 0.25) is 5.02 Å². The lowest BCUT2D eigenvalue weighted by atomic mass is 10.1.